The summed E-state index contributed by atoms with van der Waals surface area (Å²) in [5.41, 5.74) is 4.47. The number of halogens is 1. The van der Waals surface area contributed by atoms with Crippen LogP contribution in [0.1, 0.15) is 5.56 Å². The van der Waals surface area contributed by atoms with Crippen LogP contribution in [0.25, 0.3) is 39.1 Å². The van der Waals surface area contributed by atoms with E-state index in [1.807, 2.05) is 54.2 Å². The van der Waals surface area contributed by atoms with E-state index in [1.165, 1.54) is 6.07 Å². The first-order valence-electron chi connectivity index (χ1n) is 10.8. The van der Waals surface area contributed by atoms with Crippen LogP contribution in [-0.2, 0) is 13.6 Å². The van der Waals surface area contributed by atoms with Crippen molar-refractivity contribution in [1.82, 2.24) is 29.1 Å². The largest absolute Gasteiger partial charge is 0.342 e. The summed E-state index contributed by atoms with van der Waals surface area (Å²) in [6, 6.07) is 17.9. The van der Waals surface area contributed by atoms with Gasteiger partial charge in [-0.2, -0.15) is 14.9 Å². The highest BCUT2D eigenvalue weighted by atomic mass is 19.1. The van der Waals surface area contributed by atoms with Gasteiger partial charge in [0.2, 0.25) is 0 Å². The van der Waals surface area contributed by atoms with Crippen molar-refractivity contribution >= 4 is 10.9 Å². The van der Waals surface area contributed by atoms with Gasteiger partial charge in [0.15, 0.2) is 0 Å². The van der Waals surface area contributed by atoms with E-state index in [0.717, 1.165) is 32.4 Å². The number of pyridine rings is 2. The van der Waals surface area contributed by atoms with E-state index in [0.29, 0.717) is 17.8 Å². The maximum absolute atomic E-state index is 14.4. The number of aryl methyl sites for hydroxylation is 1. The quantitative estimate of drug-likeness (QED) is 0.402. The average molecular weight is 450 g/mol. The van der Waals surface area contributed by atoms with Gasteiger partial charge in [-0.25, -0.2) is 4.39 Å². The summed E-state index contributed by atoms with van der Waals surface area (Å²) >= 11 is 0. The van der Waals surface area contributed by atoms with Crippen molar-refractivity contribution in [2.24, 2.45) is 7.05 Å². The van der Waals surface area contributed by atoms with E-state index in [-0.39, 0.29) is 11.2 Å². The van der Waals surface area contributed by atoms with Gasteiger partial charge in [0.25, 0.3) is 5.56 Å². The molecule has 34 heavy (non-hydrogen) atoms. The molecule has 6 rings (SSSR count). The van der Waals surface area contributed by atoms with Crippen LogP contribution in [0.4, 0.5) is 4.39 Å². The SMILES string of the molecule is Cn1cc(-c2cc(Cn3cc4c(=O)n(-c5ccccc5F)nc-4c4ccccc43)ccn2)cn1. The van der Waals surface area contributed by atoms with Crippen LogP contribution in [0.15, 0.2) is 90.2 Å². The van der Waals surface area contributed by atoms with Gasteiger partial charge in [0.1, 0.15) is 17.2 Å². The van der Waals surface area contributed by atoms with Crippen molar-refractivity contribution in [3.8, 4) is 28.2 Å². The Morgan fingerprint density at radius 3 is 2.65 bits per heavy atom. The Morgan fingerprint density at radius 2 is 1.82 bits per heavy atom. The first kappa shape index (κ1) is 20.0. The van der Waals surface area contributed by atoms with Crippen LogP contribution >= 0.6 is 0 Å². The number of hydrogen-bond acceptors (Lipinski definition) is 4. The summed E-state index contributed by atoms with van der Waals surface area (Å²) in [4.78, 5) is 17.7. The van der Waals surface area contributed by atoms with Crippen LogP contribution in [0.3, 0.4) is 0 Å². The average Bonchev–Trinajstić information content (AvgIpc) is 3.43. The molecule has 8 heteroatoms. The van der Waals surface area contributed by atoms with Gasteiger partial charge in [0, 0.05) is 43.1 Å². The van der Waals surface area contributed by atoms with Gasteiger partial charge in [-0.05, 0) is 35.9 Å². The molecule has 4 heterocycles. The summed E-state index contributed by atoms with van der Waals surface area (Å²) in [6.45, 7) is 0.524. The van der Waals surface area contributed by atoms with E-state index in [2.05, 4.69) is 15.2 Å². The smallest absolute Gasteiger partial charge is 0.282 e. The molecule has 4 aromatic rings. The second-order valence-corrected chi connectivity index (χ2v) is 8.16. The number of aromatic nitrogens is 6. The van der Waals surface area contributed by atoms with Crippen LogP contribution in [0.2, 0.25) is 0 Å². The highest BCUT2D eigenvalue weighted by Crippen LogP contribution is 2.29. The molecule has 0 saturated heterocycles. The summed E-state index contributed by atoms with van der Waals surface area (Å²) in [5, 5.41) is 9.56. The van der Waals surface area contributed by atoms with Crippen LogP contribution in [-0.4, -0.2) is 29.1 Å². The van der Waals surface area contributed by atoms with Crippen molar-refractivity contribution < 1.29 is 4.39 Å². The lowest BCUT2D eigenvalue weighted by atomic mass is 10.1. The highest BCUT2D eigenvalue weighted by molar-refractivity contribution is 5.93. The Balaban J connectivity index is 1.51. The molecule has 0 unspecified atom stereocenters. The molecule has 0 spiro atoms. The molecule has 7 nitrogen and oxygen atoms in total. The van der Waals surface area contributed by atoms with Crippen molar-refractivity contribution in [2.45, 2.75) is 6.54 Å². The molecule has 0 amide bonds. The zero-order valence-corrected chi connectivity index (χ0v) is 18.3. The summed E-state index contributed by atoms with van der Waals surface area (Å²) in [7, 11) is 1.87. The minimum absolute atomic E-state index is 0.134. The Bertz CT molecular complexity index is 1700. The molecule has 0 aliphatic carbocycles. The normalized spacial score (nSPS) is 11.5. The number of hydrogen-bond donors (Lipinski definition) is 0. The molecule has 2 aromatic heterocycles. The topological polar surface area (TPSA) is 70.5 Å². The van der Waals surface area contributed by atoms with Crippen molar-refractivity contribution in [3.63, 3.8) is 0 Å². The number of fused-ring (bicyclic) bond motifs is 3. The molecule has 0 bridgehead atoms. The van der Waals surface area contributed by atoms with E-state index < -0.39 is 5.82 Å². The first-order chi connectivity index (χ1) is 16.6. The van der Waals surface area contributed by atoms with Gasteiger partial charge in [-0.15, -0.1) is 0 Å². The third-order valence-corrected chi connectivity index (χ3v) is 5.89. The highest BCUT2D eigenvalue weighted by Gasteiger charge is 2.22. The van der Waals surface area contributed by atoms with Gasteiger partial charge in [-0.3, -0.25) is 14.5 Å². The minimum atomic E-state index is -0.496. The van der Waals surface area contributed by atoms with E-state index >= 15 is 0 Å². The molecule has 0 N–H and O–H groups in total. The lowest BCUT2D eigenvalue weighted by Crippen LogP contribution is -2.16. The second kappa shape index (κ2) is 7.77. The van der Waals surface area contributed by atoms with Crippen molar-refractivity contribution in [2.75, 3.05) is 0 Å². The summed E-state index contributed by atoms with van der Waals surface area (Å²) in [5.74, 6) is -0.496. The third kappa shape index (κ3) is 3.27. The molecule has 0 saturated carbocycles. The lowest BCUT2D eigenvalue weighted by molar-refractivity contribution is 0.609. The Kier molecular flexibility index (Phi) is 4.58. The fourth-order valence-corrected chi connectivity index (χ4v) is 4.28. The molecule has 2 aliphatic heterocycles. The predicted octanol–water partition coefficient (Wildman–Crippen LogP) is 4.27. The first-order valence-corrected chi connectivity index (χ1v) is 10.8. The standard InChI is InChI=1S/C26H19FN6O/c1-31-15-18(13-29-31)22-12-17(10-11-28-22)14-32-16-20-25(19-6-2-4-8-23(19)32)30-33(26(20)34)24-9-5-3-7-21(24)27/h2-13,15-16H,14H2,1H3. The van der Waals surface area contributed by atoms with Gasteiger partial charge in [-0.1, -0.05) is 30.3 Å². The van der Waals surface area contributed by atoms with Crippen molar-refractivity contribution in [3.05, 3.63) is 107 Å². The van der Waals surface area contributed by atoms with E-state index in [9.17, 15) is 9.18 Å². The predicted molar refractivity (Wildman–Crippen MR) is 127 cm³/mol. The third-order valence-electron chi connectivity index (χ3n) is 5.89. The molecular formula is C26H19FN6O. The zero-order valence-electron chi connectivity index (χ0n) is 18.3. The number of benzene rings is 2. The minimum Gasteiger partial charge on any atom is -0.342 e. The maximum Gasteiger partial charge on any atom is 0.282 e. The molecule has 0 atom stereocenters. The number of rotatable bonds is 4. The van der Waals surface area contributed by atoms with Crippen LogP contribution in [0, 0.1) is 5.82 Å². The fourth-order valence-electron chi connectivity index (χ4n) is 4.28. The fraction of sp³-hybridized carbons (Fsp3) is 0.0769. The lowest BCUT2D eigenvalue weighted by Gasteiger charge is -2.14. The Hall–Kier alpha value is -4.59. The van der Waals surface area contributed by atoms with E-state index in [1.54, 1.807) is 41.5 Å². The molecule has 2 aromatic carbocycles. The van der Waals surface area contributed by atoms with Crippen LogP contribution < -0.4 is 5.56 Å². The van der Waals surface area contributed by atoms with Crippen molar-refractivity contribution in [1.29, 1.82) is 0 Å². The Labute approximate surface area is 193 Å². The van der Waals surface area contributed by atoms with Gasteiger partial charge >= 0.3 is 0 Å². The molecule has 166 valence electrons. The van der Waals surface area contributed by atoms with Crippen LogP contribution in [0.5, 0.6) is 0 Å². The number of para-hydroxylation sites is 2. The number of nitrogens with zero attached hydrogens (tertiary/aromatic N) is 6. The second-order valence-electron chi connectivity index (χ2n) is 8.16. The van der Waals surface area contributed by atoms with E-state index in [4.69, 9.17) is 0 Å². The molecule has 0 radical (unpaired) electrons. The summed E-state index contributed by atoms with van der Waals surface area (Å²) in [6.07, 6.45) is 7.27. The molecule has 2 aliphatic rings. The monoisotopic (exact) mass is 450 g/mol. The molecular weight excluding hydrogens is 431 g/mol. The maximum atomic E-state index is 14.4. The zero-order chi connectivity index (χ0) is 23.2. The molecule has 0 fully saturated rings. The summed E-state index contributed by atoms with van der Waals surface area (Å²) < 4.78 is 19.3. The van der Waals surface area contributed by atoms with Gasteiger partial charge < -0.3 is 4.57 Å². The van der Waals surface area contributed by atoms with Gasteiger partial charge in [0.05, 0.1) is 23.0 Å². The Morgan fingerprint density at radius 1 is 1.00 bits per heavy atom.